The third kappa shape index (κ3) is 3.94. The molecule has 4 heteroatoms. The highest BCUT2D eigenvalue weighted by molar-refractivity contribution is 5.95. The quantitative estimate of drug-likeness (QED) is 0.938. The van der Waals surface area contributed by atoms with E-state index in [0.29, 0.717) is 5.92 Å². The Kier molecular flexibility index (Phi) is 5.14. The van der Waals surface area contributed by atoms with Crippen molar-refractivity contribution in [2.75, 3.05) is 24.5 Å². The average Bonchev–Trinajstić information content (AvgIpc) is 2.63. The molecule has 1 aromatic heterocycles. The van der Waals surface area contributed by atoms with Crippen molar-refractivity contribution >= 4 is 11.6 Å². The van der Waals surface area contributed by atoms with Crippen molar-refractivity contribution in [1.29, 1.82) is 0 Å². The lowest BCUT2D eigenvalue weighted by Crippen LogP contribution is -2.38. The number of nitrogens with zero attached hydrogens (tertiary/aromatic N) is 2. The van der Waals surface area contributed by atoms with E-state index < -0.39 is 0 Å². The Hall–Kier alpha value is -2.36. The van der Waals surface area contributed by atoms with Gasteiger partial charge < -0.3 is 10.2 Å². The molecule has 2 heterocycles. The van der Waals surface area contributed by atoms with Crippen LogP contribution in [0.5, 0.6) is 0 Å². The van der Waals surface area contributed by atoms with Crippen molar-refractivity contribution in [2.24, 2.45) is 5.92 Å². The first-order valence-electron chi connectivity index (χ1n) is 8.64. The minimum Gasteiger partial charge on any atom is -0.371 e. The summed E-state index contributed by atoms with van der Waals surface area (Å²) in [5.74, 6) is 0.602. The molecule has 1 amide bonds. The number of rotatable bonds is 4. The monoisotopic (exact) mass is 323 g/mol. The summed E-state index contributed by atoms with van der Waals surface area (Å²) < 4.78 is 0. The molecular formula is C20H25N3O. The highest BCUT2D eigenvalue weighted by atomic mass is 16.1. The van der Waals surface area contributed by atoms with Gasteiger partial charge in [0.2, 0.25) is 0 Å². The molecular weight excluding hydrogens is 298 g/mol. The van der Waals surface area contributed by atoms with Crippen LogP contribution in [-0.4, -0.2) is 30.5 Å². The number of amides is 1. The second-order valence-electron chi connectivity index (χ2n) is 6.66. The molecule has 0 aliphatic carbocycles. The molecule has 3 rings (SSSR count). The van der Waals surface area contributed by atoms with Crippen LogP contribution in [0.4, 0.5) is 5.69 Å². The smallest absolute Gasteiger partial charge is 0.251 e. The second-order valence-corrected chi connectivity index (χ2v) is 6.66. The third-order valence-electron chi connectivity index (χ3n) is 4.83. The Labute approximate surface area is 143 Å². The molecule has 0 radical (unpaired) electrons. The first kappa shape index (κ1) is 16.5. The lowest BCUT2D eigenvalue weighted by atomic mass is 9.96. The van der Waals surface area contributed by atoms with Crippen LogP contribution in [0.2, 0.25) is 0 Å². The number of carbonyl (C=O) groups is 1. The molecule has 24 heavy (non-hydrogen) atoms. The number of pyridine rings is 1. The van der Waals surface area contributed by atoms with E-state index in [1.807, 2.05) is 44.4 Å². The highest BCUT2D eigenvalue weighted by Gasteiger charge is 2.20. The number of aromatic nitrogens is 1. The van der Waals surface area contributed by atoms with Crippen molar-refractivity contribution in [1.82, 2.24) is 10.3 Å². The summed E-state index contributed by atoms with van der Waals surface area (Å²) in [6.07, 6.45) is 5.89. The molecule has 126 valence electrons. The van der Waals surface area contributed by atoms with Gasteiger partial charge in [0.1, 0.15) is 0 Å². The average molecular weight is 323 g/mol. The number of nitrogens with one attached hydrogen (secondary N) is 1. The fraction of sp³-hybridized carbons (Fsp3) is 0.400. The summed E-state index contributed by atoms with van der Waals surface area (Å²) >= 11 is 0. The summed E-state index contributed by atoms with van der Waals surface area (Å²) in [6, 6.07) is 10.1. The largest absolute Gasteiger partial charge is 0.371 e. The van der Waals surface area contributed by atoms with E-state index in [1.165, 1.54) is 5.69 Å². The predicted molar refractivity (Wildman–Crippen MR) is 97.4 cm³/mol. The first-order valence-corrected chi connectivity index (χ1v) is 8.64. The third-order valence-corrected chi connectivity index (χ3v) is 4.83. The van der Waals surface area contributed by atoms with Crippen molar-refractivity contribution < 1.29 is 4.79 Å². The maximum absolute atomic E-state index is 12.4. The molecule has 0 spiro atoms. The van der Waals surface area contributed by atoms with Crippen LogP contribution in [0.25, 0.3) is 0 Å². The van der Waals surface area contributed by atoms with E-state index in [4.69, 9.17) is 0 Å². The molecule has 0 unspecified atom stereocenters. The first-order chi connectivity index (χ1) is 11.6. The molecule has 1 aliphatic rings. The summed E-state index contributed by atoms with van der Waals surface area (Å²) in [7, 11) is 0. The molecule has 1 saturated heterocycles. The zero-order valence-corrected chi connectivity index (χ0v) is 14.5. The lowest BCUT2D eigenvalue weighted by Gasteiger charge is -2.33. The maximum Gasteiger partial charge on any atom is 0.251 e. The van der Waals surface area contributed by atoms with Crippen LogP contribution in [0.1, 0.15) is 34.3 Å². The molecule has 1 aliphatic heterocycles. The van der Waals surface area contributed by atoms with Crippen LogP contribution >= 0.6 is 0 Å². The van der Waals surface area contributed by atoms with E-state index in [0.717, 1.165) is 49.2 Å². The maximum atomic E-state index is 12.4. The Balaban J connectivity index is 1.50. The summed E-state index contributed by atoms with van der Waals surface area (Å²) in [6.45, 7) is 6.84. The number of hydrogen-bond donors (Lipinski definition) is 1. The topological polar surface area (TPSA) is 45.2 Å². The predicted octanol–water partition coefficient (Wildman–Crippen LogP) is 3.34. The van der Waals surface area contributed by atoms with Gasteiger partial charge in [-0.25, -0.2) is 0 Å². The molecule has 1 fully saturated rings. The van der Waals surface area contributed by atoms with Gasteiger partial charge in [-0.2, -0.15) is 0 Å². The van der Waals surface area contributed by atoms with Crippen LogP contribution < -0.4 is 10.2 Å². The van der Waals surface area contributed by atoms with Gasteiger partial charge in [-0.05, 0) is 56.4 Å². The Bertz CT molecular complexity index is 691. The Morgan fingerprint density at radius 3 is 2.58 bits per heavy atom. The summed E-state index contributed by atoms with van der Waals surface area (Å²) in [5, 5.41) is 3.12. The van der Waals surface area contributed by atoms with Gasteiger partial charge in [-0.3, -0.25) is 9.78 Å². The van der Waals surface area contributed by atoms with Gasteiger partial charge in [0.05, 0.1) is 0 Å². The zero-order chi connectivity index (χ0) is 16.9. The van der Waals surface area contributed by atoms with Gasteiger partial charge in [-0.15, -0.1) is 0 Å². The summed E-state index contributed by atoms with van der Waals surface area (Å²) in [5.41, 5.74) is 4.19. The van der Waals surface area contributed by atoms with E-state index in [9.17, 15) is 4.79 Å². The minimum atomic E-state index is 0.0489. The number of piperidine rings is 1. The van der Waals surface area contributed by atoms with E-state index in [2.05, 4.69) is 27.3 Å². The molecule has 4 nitrogen and oxygen atoms in total. The molecule has 0 atom stereocenters. The molecule has 0 saturated carbocycles. The van der Waals surface area contributed by atoms with Crippen molar-refractivity contribution in [3.05, 3.63) is 59.4 Å². The SMILES string of the molecule is Cc1ccc(C)c(C(=O)NCC2CCN(c3ccncc3)CC2)c1. The van der Waals surface area contributed by atoms with E-state index >= 15 is 0 Å². The van der Waals surface area contributed by atoms with Gasteiger partial charge in [-0.1, -0.05) is 17.7 Å². The Morgan fingerprint density at radius 1 is 1.17 bits per heavy atom. The number of benzene rings is 1. The minimum absolute atomic E-state index is 0.0489. The second kappa shape index (κ2) is 7.47. The fourth-order valence-corrected chi connectivity index (χ4v) is 3.26. The van der Waals surface area contributed by atoms with Crippen LogP contribution in [0.15, 0.2) is 42.7 Å². The van der Waals surface area contributed by atoms with Gasteiger partial charge in [0, 0.05) is 43.3 Å². The molecule has 2 aromatic rings. The highest BCUT2D eigenvalue weighted by Crippen LogP contribution is 2.22. The zero-order valence-electron chi connectivity index (χ0n) is 14.5. The standard InChI is InChI=1S/C20H25N3O/c1-15-3-4-16(2)19(13-15)20(24)22-14-17-7-11-23(12-8-17)18-5-9-21-10-6-18/h3-6,9-10,13,17H,7-8,11-12,14H2,1-2H3,(H,22,24). The van der Waals surface area contributed by atoms with Gasteiger partial charge in [0.25, 0.3) is 5.91 Å². The van der Waals surface area contributed by atoms with Gasteiger partial charge in [0.15, 0.2) is 0 Å². The van der Waals surface area contributed by atoms with Crippen molar-refractivity contribution in [3.63, 3.8) is 0 Å². The number of carbonyl (C=O) groups excluding carboxylic acids is 1. The van der Waals surface area contributed by atoms with Crippen molar-refractivity contribution in [2.45, 2.75) is 26.7 Å². The fourth-order valence-electron chi connectivity index (χ4n) is 3.26. The Morgan fingerprint density at radius 2 is 1.88 bits per heavy atom. The normalized spacial score (nSPS) is 15.3. The number of anilines is 1. The van der Waals surface area contributed by atoms with Crippen LogP contribution in [0.3, 0.4) is 0 Å². The molecule has 0 bridgehead atoms. The summed E-state index contributed by atoms with van der Waals surface area (Å²) in [4.78, 5) is 18.9. The molecule has 1 N–H and O–H groups in total. The number of aryl methyl sites for hydroxylation is 2. The lowest BCUT2D eigenvalue weighted by molar-refractivity contribution is 0.0944. The van der Waals surface area contributed by atoms with Crippen LogP contribution in [0, 0.1) is 19.8 Å². The van der Waals surface area contributed by atoms with Crippen molar-refractivity contribution in [3.8, 4) is 0 Å². The van der Waals surface area contributed by atoms with Crippen LogP contribution in [-0.2, 0) is 0 Å². The number of hydrogen-bond acceptors (Lipinski definition) is 3. The van der Waals surface area contributed by atoms with E-state index in [-0.39, 0.29) is 5.91 Å². The molecule has 1 aromatic carbocycles. The van der Waals surface area contributed by atoms with E-state index in [1.54, 1.807) is 0 Å². The van der Waals surface area contributed by atoms with Gasteiger partial charge >= 0.3 is 0 Å².